The van der Waals surface area contributed by atoms with Crippen LogP contribution in [0.1, 0.15) is 10.4 Å². The topological polar surface area (TPSA) is 55.1 Å². The number of benzene rings is 1. The van der Waals surface area contributed by atoms with Crippen LogP contribution in [0.3, 0.4) is 0 Å². The quantitative estimate of drug-likeness (QED) is 0.360. The Morgan fingerprint density at radius 1 is 1.38 bits per heavy atom. The van der Waals surface area contributed by atoms with Gasteiger partial charge in [-0.05, 0) is 44.0 Å². The van der Waals surface area contributed by atoms with Crippen molar-refractivity contribution in [3.63, 3.8) is 0 Å². The first kappa shape index (κ1) is 10.6. The lowest BCUT2D eigenvalue weighted by Gasteiger charge is -2.03. The lowest BCUT2D eigenvalue weighted by atomic mass is 10.2. The van der Waals surface area contributed by atoms with E-state index >= 15 is 0 Å². The molecule has 3 N–H and O–H groups in total. The number of hydrazine groups is 1. The first-order chi connectivity index (χ1) is 6.06. The monoisotopic (exact) mass is 310 g/mol. The van der Waals surface area contributed by atoms with Crippen molar-refractivity contribution >= 4 is 37.8 Å². The first-order valence-corrected chi connectivity index (χ1v) is 4.80. The number of hydrogen-bond acceptors (Lipinski definition) is 2. The molecule has 0 radical (unpaired) electrons. The van der Waals surface area contributed by atoms with Gasteiger partial charge in [-0.15, -0.1) is 0 Å². The Morgan fingerprint density at radius 3 is 2.54 bits per heavy atom. The molecule has 0 aliphatic carbocycles. The Kier molecular flexibility index (Phi) is 3.40. The third-order valence-corrected chi connectivity index (χ3v) is 2.65. The van der Waals surface area contributed by atoms with Crippen LogP contribution in [0, 0.1) is 5.82 Å². The molecule has 3 nitrogen and oxygen atoms in total. The summed E-state index contributed by atoms with van der Waals surface area (Å²) in [5.41, 5.74) is 2.23. The lowest BCUT2D eigenvalue weighted by Crippen LogP contribution is -2.30. The fourth-order valence-corrected chi connectivity index (χ4v) is 1.61. The van der Waals surface area contributed by atoms with Crippen LogP contribution >= 0.6 is 31.9 Å². The molecule has 0 heterocycles. The number of nitrogens with two attached hydrogens (primary N) is 1. The van der Waals surface area contributed by atoms with Gasteiger partial charge >= 0.3 is 0 Å². The van der Waals surface area contributed by atoms with E-state index in [0.717, 1.165) is 0 Å². The number of nitrogens with one attached hydrogen (secondary N) is 1. The summed E-state index contributed by atoms with van der Waals surface area (Å²) in [6, 6.07) is 2.54. The van der Waals surface area contributed by atoms with E-state index < -0.39 is 11.7 Å². The Labute approximate surface area is 90.7 Å². The maximum atomic E-state index is 12.9. The van der Waals surface area contributed by atoms with E-state index in [0.29, 0.717) is 4.47 Å². The van der Waals surface area contributed by atoms with Crippen LogP contribution in [-0.4, -0.2) is 5.91 Å². The molecule has 1 aromatic carbocycles. The van der Waals surface area contributed by atoms with E-state index in [1.54, 1.807) is 0 Å². The number of hydrogen-bond donors (Lipinski definition) is 2. The average molecular weight is 312 g/mol. The molecular weight excluding hydrogens is 307 g/mol. The van der Waals surface area contributed by atoms with Gasteiger partial charge < -0.3 is 0 Å². The summed E-state index contributed by atoms with van der Waals surface area (Å²) in [4.78, 5) is 11.1. The standard InChI is InChI=1S/C7H5Br2FN2O/c8-4-2-6(10)5(9)1-3(4)7(13)12-11/h1-2H,11H2,(H,12,13). The van der Waals surface area contributed by atoms with Crippen LogP contribution in [0.25, 0.3) is 0 Å². The number of carbonyl (C=O) groups is 1. The molecule has 0 aromatic heterocycles. The van der Waals surface area contributed by atoms with Gasteiger partial charge in [-0.1, -0.05) is 0 Å². The highest BCUT2D eigenvalue weighted by Gasteiger charge is 2.11. The van der Waals surface area contributed by atoms with Crippen molar-refractivity contribution < 1.29 is 9.18 Å². The molecule has 6 heteroatoms. The smallest absolute Gasteiger partial charge is 0.266 e. The minimum atomic E-state index is -0.479. The summed E-state index contributed by atoms with van der Waals surface area (Å²) < 4.78 is 13.5. The molecule has 13 heavy (non-hydrogen) atoms. The zero-order chi connectivity index (χ0) is 10.0. The van der Waals surface area contributed by atoms with Gasteiger partial charge in [0, 0.05) is 4.47 Å². The van der Waals surface area contributed by atoms with Crippen molar-refractivity contribution in [3.8, 4) is 0 Å². The number of halogens is 3. The van der Waals surface area contributed by atoms with E-state index in [1.807, 2.05) is 5.43 Å². The van der Waals surface area contributed by atoms with Crippen molar-refractivity contribution in [3.05, 3.63) is 32.5 Å². The van der Waals surface area contributed by atoms with Gasteiger partial charge in [0.2, 0.25) is 0 Å². The fourth-order valence-electron chi connectivity index (χ4n) is 0.774. The Bertz CT molecular complexity index is 357. The van der Waals surface area contributed by atoms with E-state index in [4.69, 9.17) is 5.84 Å². The zero-order valence-electron chi connectivity index (χ0n) is 6.27. The average Bonchev–Trinajstić information content (AvgIpc) is 2.10. The summed E-state index contributed by atoms with van der Waals surface area (Å²) in [7, 11) is 0. The van der Waals surface area contributed by atoms with E-state index in [2.05, 4.69) is 31.9 Å². The Balaban J connectivity index is 3.23. The molecule has 0 saturated heterocycles. The highest BCUT2D eigenvalue weighted by Crippen LogP contribution is 2.24. The molecule has 0 fully saturated rings. The van der Waals surface area contributed by atoms with Gasteiger partial charge in [-0.25, -0.2) is 10.2 Å². The molecule has 0 aliphatic heterocycles. The van der Waals surface area contributed by atoms with Crippen molar-refractivity contribution in [2.24, 2.45) is 5.84 Å². The summed E-state index contributed by atoms with van der Waals surface area (Å²) >= 11 is 6.01. The second-order valence-corrected chi connectivity index (χ2v) is 3.93. The minimum Gasteiger partial charge on any atom is -0.290 e. The molecule has 1 aromatic rings. The summed E-state index contributed by atoms with van der Waals surface area (Å²) in [5, 5.41) is 0. The largest absolute Gasteiger partial charge is 0.290 e. The van der Waals surface area contributed by atoms with Crippen molar-refractivity contribution in [1.82, 2.24) is 5.43 Å². The maximum Gasteiger partial charge on any atom is 0.266 e. The summed E-state index contributed by atoms with van der Waals surface area (Å²) in [5.74, 6) is 4.01. The number of amides is 1. The van der Waals surface area contributed by atoms with E-state index in [9.17, 15) is 9.18 Å². The van der Waals surface area contributed by atoms with Gasteiger partial charge in [-0.3, -0.25) is 10.2 Å². The number of carbonyl (C=O) groups excluding carboxylic acids is 1. The molecular formula is C7H5Br2FN2O. The predicted octanol–water partition coefficient (Wildman–Crippen LogP) is 1.95. The third-order valence-electron chi connectivity index (χ3n) is 1.39. The SMILES string of the molecule is NNC(=O)c1cc(Br)c(F)cc1Br. The summed E-state index contributed by atoms with van der Waals surface area (Å²) in [6.07, 6.45) is 0. The molecule has 1 rings (SSSR count). The number of rotatable bonds is 1. The molecule has 70 valence electrons. The molecule has 0 saturated carbocycles. The third kappa shape index (κ3) is 2.26. The second-order valence-electron chi connectivity index (χ2n) is 2.22. The van der Waals surface area contributed by atoms with Crippen LogP contribution in [0.5, 0.6) is 0 Å². The minimum absolute atomic E-state index is 0.217. The van der Waals surface area contributed by atoms with Crippen LogP contribution < -0.4 is 11.3 Å². The molecule has 0 bridgehead atoms. The highest BCUT2D eigenvalue weighted by molar-refractivity contribution is 9.11. The molecule has 0 aliphatic rings. The van der Waals surface area contributed by atoms with Gasteiger partial charge in [0.1, 0.15) is 5.82 Å². The van der Waals surface area contributed by atoms with Gasteiger partial charge in [-0.2, -0.15) is 0 Å². The van der Waals surface area contributed by atoms with Crippen molar-refractivity contribution in [2.45, 2.75) is 0 Å². The Hall–Kier alpha value is -0.460. The normalized spacial score (nSPS) is 9.85. The fraction of sp³-hybridized carbons (Fsp3) is 0. The second kappa shape index (κ2) is 4.17. The lowest BCUT2D eigenvalue weighted by molar-refractivity contribution is 0.0953. The van der Waals surface area contributed by atoms with Crippen LogP contribution in [0.2, 0.25) is 0 Å². The summed E-state index contributed by atoms with van der Waals surface area (Å²) in [6.45, 7) is 0. The maximum absolute atomic E-state index is 12.9. The molecule has 0 atom stereocenters. The van der Waals surface area contributed by atoms with E-state index in [-0.39, 0.29) is 10.0 Å². The first-order valence-electron chi connectivity index (χ1n) is 3.21. The zero-order valence-corrected chi connectivity index (χ0v) is 9.45. The van der Waals surface area contributed by atoms with Crippen molar-refractivity contribution in [1.29, 1.82) is 0 Å². The molecule has 0 spiro atoms. The Morgan fingerprint density at radius 2 is 2.00 bits per heavy atom. The van der Waals surface area contributed by atoms with Gasteiger partial charge in [0.05, 0.1) is 10.0 Å². The van der Waals surface area contributed by atoms with Gasteiger partial charge in [0.25, 0.3) is 5.91 Å². The van der Waals surface area contributed by atoms with Crippen LogP contribution in [0.4, 0.5) is 4.39 Å². The molecule has 1 amide bonds. The van der Waals surface area contributed by atoms with Gasteiger partial charge in [0.15, 0.2) is 0 Å². The highest BCUT2D eigenvalue weighted by atomic mass is 79.9. The van der Waals surface area contributed by atoms with Crippen LogP contribution in [0.15, 0.2) is 21.1 Å². The molecule has 0 unspecified atom stereocenters. The predicted molar refractivity (Wildman–Crippen MR) is 53.5 cm³/mol. The van der Waals surface area contributed by atoms with E-state index in [1.165, 1.54) is 12.1 Å². The van der Waals surface area contributed by atoms with Crippen molar-refractivity contribution in [2.75, 3.05) is 0 Å². The number of nitrogen functional groups attached to an aromatic ring is 1. The van der Waals surface area contributed by atoms with Crippen LogP contribution in [-0.2, 0) is 0 Å².